The predicted octanol–water partition coefficient (Wildman–Crippen LogP) is 7.50. The molecule has 7 heteroatoms. The smallest absolute Gasteiger partial charge is 0.155 e. The molecule has 0 radical (unpaired) electrons. The lowest BCUT2D eigenvalue weighted by atomic mass is 10.1. The zero-order valence-electron chi connectivity index (χ0n) is 24.9. The minimum absolute atomic E-state index is 0.238. The number of benzene rings is 3. The lowest BCUT2D eigenvalue weighted by Crippen LogP contribution is -2.21. The molecular weight excluding hydrogens is 502 g/mol. The van der Waals surface area contributed by atoms with E-state index in [-0.39, 0.29) is 12.6 Å². The Morgan fingerprint density at radius 3 is 1.43 bits per heavy atom. The zero-order valence-corrected chi connectivity index (χ0v) is 24.9. The van der Waals surface area contributed by atoms with Gasteiger partial charge in [-0.2, -0.15) is 5.10 Å². The molecule has 2 atom stereocenters. The van der Waals surface area contributed by atoms with E-state index in [9.17, 15) is 0 Å². The van der Waals surface area contributed by atoms with Crippen molar-refractivity contribution in [2.24, 2.45) is 5.10 Å². The summed E-state index contributed by atoms with van der Waals surface area (Å²) in [5.74, 6) is 0. The van der Waals surface area contributed by atoms with Crippen LogP contribution in [-0.4, -0.2) is 45.1 Å². The minimum Gasteiger partial charge on any atom is -0.372 e. The fourth-order valence-corrected chi connectivity index (χ4v) is 4.23. The average Bonchev–Trinajstić information content (AvgIpc) is 2.98. The van der Waals surface area contributed by atoms with Crippen LogP contribution in [0.25, 0.3) is 0 Å². The van der Waals surface area contributed by atoms with Gasteiger partial charge in [0.15, 0.2) is 12.6 Å². The van der Waals surface area contributed by atoms with Crippen molar-refractivity contribution in [1.82, 2.24) is 0 Å². The molecule has 0 bridgehead atoms. The van der Waals surface area contributed by atoms with Crippen molar-refractivity contribution in [3.8, 4) is 0 Å². The van der Waals surface area contributed by atoms with Crippen LogP contribution in [0.4, 0.5) is 17.1 Å². The largest absolute Gasteiger partial charge is 0.372 e. The summed E-state index contributed by atoms with van der Waals surface area (Å²) >= 11 is 0. The van der Waals surface area contributed by atoms with Crippen LogP contribution in [0, 0.1) is 0 Å². The topological polar surface area (TPSA) is 55.8 Å². The second kappa shape index (κ2) is 16.8. The van der Waals surface area contributed by atoms with Crippen molar-refractivity contribution in [3.63, 3.8) is 0 Å². The fourth-order valence-electron chi connectivity index (χ4n) is 4.23. The van der Waals surface area contributed by atoms with Crippen LogP contribution in [0.1, 0.15) is 58.2 Å². The number of hydrogen-bond acceptors (Lipinski definition) is 7. The van der Waals surface area contributed by atoms with Crippen LogP contribution >= 0.6 is 0 Å². The highest BCUT2D eigenvalue weighted by molar-refractivity contribution is 5.82. The lowest BCUT2D eigenvalue weighted by molar-refractivity contribution is -0.134. The Hall–Kier alpha value is -3.23. The van der Waals surface area contributed by atoms with E-state index in [0.29, 0.717) is 26.4 Å². The summed E-state index contributed by atoms with van der Waals surface area (Å²) < 4.78 is 22.5. The van der Waals surface area contributed by atoms with E-state index in [4.69, 9.17) is 24.0 Å². The summed E-state index contributed by atoms with van der Waals surface area (Å²) in [6.45, 7) is 16.3. The van der Waals surface area contributed by atoms with Gasteiger partial charge < -0.3 is 23.8 Å². The van der Waals surface area contributed by atoms with E-state index in [1.165, 1.54) is 5.69 Å². The molecule has 2 unspecified atom stereocenters. The van der Waals surface area contributed by atoms with Crippen molar-refractivity contribution in [3.05, 3.63) is 89.5 Å². The first kappa shape index (κ1) is 31.3. The van der Waals surface area contributed by atoms with Gasteiger partial charge >= 0.3 is 0 Å². The SMILES string of the molecule is CCOC(C)OCc1ccc(N(N=Cc2ccc(N(CC)CC)cc2)c2ccc(COC(C)OCC)cc2)cc1. The number of hydrazone groups is 1. The number of ether oxygens (including phenoxy) is 4. The van der Waals surface area contributed by atoms with E-state index in [1.807, 2.05) is 38.9 Å². The second-order valence-electron chi connectivity index (χ2n) is 9.32. The van der Waals surface area contributed by atoms with Crippen molar-refractivity contribution in [2.75, 3.05) is 36.2 Å². The molecule has 0 aliphatic carbocycles. The molecule has 0 N–H and O–H groups in total. The minimum atomic E-state index is -0.238. The Morgan fingerprint density at radius 2 is 1.02 bits per heavy atom. The molecule has 0 aliphatic heterocycles. The fraction of sp³-hybridized carbons (Fsp3) is 0.424. The number of rotatable bonds is 17. The van der Waals surface area contributed by atoms with Crippen LogP contribution in [0.2, 0.25) is 0 Å². The van der Waals surface area contributed by atoms with Crippen molar-refractivity contribution < 1.29 is 18.9 Å². The molecule has 0 spiro atoms. The van der Waals surface area contributed by atoms with E-state index in [0.717, 1.165) is 41.2 Å². The predicted molar refractivity (Wildman–Crippen MR) is 164 cm³/mol. The Morgan fingerprint density at radius 1 is 0.600 bits per heavy atom. The van der Waals surface area contributed by atoms with Crippen molar-refractivity contribution >= 4 is 23.3 Å². The highest BCUT2D eigenvalue weighted by atomic mass is 16.7. The number of anilines is 3. The maximum atomic E-state index is 5.78. The first-order valence-corrected chi connectivity index (χ1v) is 14.3. The van der Waals surface area contributed by atoms with Crippen molar-refractivity contribution in [1.29, 1.82) is 0 Å². The van der Waals surface area contributed by atoms with E-state index < -0.39 is 0 Å². The third kappa shape index (κ3) is 9.75. The zero-order chi connectivity index (χ0) is 28.7. The van der Waals surface area contributed by atoms with Gasteiger partial charge in [-0.25, -0.2) is 5.01 Å². The summed E-state index contributed by atoms with van der Waals surface area (Å²) in [6.07, 6.45) is 1.42. The monoisotopic (exact) mass is 547 g/mol. The number of hydrogen-bond donors (Lipinski definition) is 0. The van der Waals surface area contributed by atoms with Gasteiger partial charge in [0, 0.05) is 32.0 Å². The van der Waals surface area contributed by atoms with Gasteiger partial charge in [-0.1, -0.05) is 36.4 Å². The maximum absolute atomic E-state index is 5.78. The third-order valence-electron chi connectivity index (χ3n) is 6.48. The molecule has 40 heavy (non-hydrogen) atoms. The van der Waals surface area contributed by atoms with Crippen LogP contribution in [0.3, 0.4) is 0 Å². The van der Waals surface area contributed by atoms with E-state index >= 15 is 0 Å². The summed E-state index contributed by atoms with van der Waals surface area (Å²) in [5, 5.41) is 6.84. The normalized spacial score (nSPS) is 12.9. The maximum Gasteiger partial charge on any atom is 0.155 e. The molecule has 0 saturated carbocycles. The molecule has 216 valence electrons. The molecule has 0 amide bonds. The van der Waals surface area contributed by atoms with Crippen LogP contribution in [-0.2, 0) is 32.2 Å². The molecular formula is C33H45N3O4. The van der Waals surface area contributed by atoms with E-state index in [2.05, 4.69) is 91.5 Å². The van der Waals surface area contributed by atoms with Crippen LogP contribution in [0.5, 0.6) is 0 Å². The van der Waals surface area contributed by atoms with Crippen LogP contribution < -0.4 is 9.91 Å². The molecule has 0 aromatic heterocycles. The Balaban J connectivity index is 1.80. The quantitative estimate of drug-likeness (QED) is 0.0991. The molecule has 3 rings (SSSR count). The Bertz CT molecular complexity index is 1070. The van der Waals surface area contributed by atoms with Gasteiger partial charge in [0.05, 0.1) is 30.8 Å². The third-order valence-corrected chi connectivity index (χ3v) is 6.48. The van der Waals surface area contributed by atoms with Crippen LogP contribution in [0.15, 0.2) is 77.9 Å². The molecule has 7 nitrogen and oxygen atoms in total. The Kier molecular flexibility index (Phi) is 13.1. The summed E-state index contributed by atoms with van der Waals surface area (Å²) in [4.78, 5) is 2.33. The van der Waals surface area contributed by atoms with Gasteiger partial charge in [0.25, 0.3) is 0 Å². The average molecular weight is 548 g/mol. The number of nitrogens with zero attached hydrogens (tertiary/aromatic N) is 3. The van der Waals surface area contributed by atoms with E-state index in [1.54, 1.807) is 0 Å². The first-order valence-electron chi connectivity index (χ1n) is 14.3. The van der Waals surface area contributed by atoms with Gasteiger partial charge in [-0.3, -0.25) is 0 Å². The highest BCUT2D eigenvalue weighted by Crippen LogP contribution is 2.27. The summed E-state index contributed by atoms with van der Waals surface area (Å²) in [7, 11) is 0. The van der Waals surface area contributed by atoms with Gasteiger partial charge in [-0.05, 0) is 94.6 Å². The van der Waals surface area contributed by atoms with Gasteiger partial charge in [0.2, 0.25) is 0 Å². The Labute approximate surface area is 240 Å². The van der Waals surface area contributed by atoms with Crippen molar-refractivity contribution in [2.45, 2.75) is 67.3 Å². The molecule has 0 saturated heterocycles. The lowest BCUT2D eigenvalue weighted by Gasteiger charge is -2.21. The molecule has 0 heterocycles. The van der Waals surface area contributed by atoms with Gasteiger partial charge in [0.1, 0.15) is 0 Å². The summed E-state index contributed by atoms with van der Waals surface area (Å²) in [6, 6.07) is 25.0. The second-order valence-corrected chi connectivity index (χ2v) is 9.32. The summed E-state index contributed by atoms with van der Waals surface area (Å²) in [5.41, 5.74) is 6.29. The molecule has 3 aromatic rings. The molecule has 0 aliphatic rings. The molecule has 0 fully saturated rings. The van der Waals surface area contributed by atoms with Gasteiger partial charge in [-0.15, -0.1) is 0 Å². The first-order chi connectivity index (χ1) is 19.5. The molecule has 3 aromatic carbocycles. The standard InChI is InChI=1S/C33H45N3O4/c1-7-35(8-2)31-17-11-28(12-18-31)23-34-36(32-19-13-29(14-20-32)24-39-26(5)37-9-3)33-21-15-30(16-22-33)25-40-27(6)38-10-4/h11-23,26-27H,7-10,24-25H2,1-6H3. The highest BCUT2D eigenvalue weighted by Gasteiger charge is 2.10.